The summed E-state index contributed by atoms with van der Waals surface area (Å²) in [6, 6.07) is 0. The Morgan fingerprint density at radius 1 is 1.14 bits per heavy atom. The summed E-state index contributed by atoms with van der Waals surface area (Å²) < 4.78 is 17.0. The third-order valence-electron chi connectivity index (χ3n) is 9.55. The van der Waals surface area contributed by atoms with E-state index in [0.717, 1.165) is 32.1 Å². The van der Waals surface area contributed by atoms with Crippen LogP contribution in [0, 0.1) is 34.5 Å². The molecule has 6 nitrogen and oxygen atoms in total. The predicted molar refractivity (Wildman–Crippen MR) is 103 cm³/mol. The van der Waals surface area contributed by atoms with Gasteiger partial charge in [0.25, 0.3) is 0 Å². The maximum Gasteiger partial charge on any atom is 0.309 e. The Morgan fingerprint density at radius 2 is 1.90 bits per heavy atom. The molecule has 6 heteroatoms. The van der Waals surface area contributed by atoms with E-state index in [1.165, 1.54) is 14.0 Å². The molecule has 5 rings (SSSR count). The Hall–Kier alpha value is -1.43. The molecule has 1 aliphatic heterocycles. The Bertz CT molecular complexity index is 777. The number of carbonyl (C=O) groups is 3. The van der Waals surface area contributed by atoms with Crippen molar-refractivity contribution < 1.29 is 28.6 Å². The SMILES string of the molecule is COC(=O)C1C[C@@H]2O[C@@]23C2CCC4CC(OC(C)=O)CCC4(C)C2C(=O)CC13C. The zero-order valence-corrected chi connectivity index (χ0v) is 17.9. The van der Waals surface area contributed by atoms with Crippen LogP contribution in [0.1, 0.15) is 65.7 Å². The highest BCUT2D eigenvalue weighted by Gasteiger charge is 2.83. The number of ether oxygens (including phenoxy) is 3. The number of methoxy groups -OCH3 is 1. The number of Topliss-reactive ketones (excluding diaryl/α,β-unsaturated/α-hetero) is 1. The molecular formula is C23H32O6. The van der Waals surface area contributed by atoms with Gasteiger partial charge >= 0.3 is 11.9 Å². The van der Waals surface area contributed by atoms with Crippen molar-refractivity contribution in [2.24, 2.45) is 34.5 Å². The number of epoxide rings is 1. The minimum Gasteiger partial charge on any atom is -0.469 e. The van der Waals surface area contributed by atoms with Gasteiger partial charge in [-0.1, -0.05) is 13.8 Å². The molecule has 7 unspecified atom stereocenters. The van der Waals surface area contributed by atoms with Gasteiger partial charge < -0.3 is 14.2 Å². The highest BCUT2D eigenvalue weighted by molar-refractivity contribution is 5.87. The number of esters is 2. The lowest BCUT2D eigenvalue weighted by Crippen LogP contribution is -2.62. The van der Waals surface area contributed by atoms with Crippen molar-refractivity contribution in [3.05, 3.63) is 0 Å². The number of ketones is 1. The van der Waals surface area contributed by atoms with Crippen molar-refractivity contribution in [1.29, 1.82) is 0 Å². The third-order valence-corrected chi connectivity index (χ3v) is 9.55. The van der Waals surface area contributed by atoms with Crippen molar-refractivity contribution in [2.45, 2.75) is 83.5 Å². The highest BCUT2D eigenvalue weighted by Crippen LogP contribution is 2.75. The molecule has 0 N–H and O–H groups in total. The number of carbonyl (C=O) groups excluding carboxylic acids is 3. The Labute approximate surface area is 172 Å². The van der Waals surface area contributed by atoms with Crippen LogP contribution >= 0.6 is 0 Å². The van der Waals surface area contributed by atoms with Crippen molar-refractivity contribution in [3.8, 4) is 0 Å². The van der Waals surface area contributed by atoms with Gasteiger partial charge in [-0.3, -0.25) is 14.4 Å². The van der Waals surface area contributed by atoms with Crippen molar-refractivity contribution in [2.75, 3.05) is 7.11 Å². The van der Waals surface area contributed by atoms with Crippen LogP contribution in [-0.4, -0.2) is 42.6 Å². The standard InChI is InChI=1S/C23H32O6/c1-12(24)28-14-7-8-21(2)13(9-14)5-6-15-19(21)17(25)11-22(3)16(20(26)27-4)10-18-23(15,22)29-18/h13-16,18-19H,5-11H2,1-4H3/t13?,14?,15?,16?,18-,19?,21?,22?,23-/m0/s1. The molecule has 5 aliphatic rings. The Balaban J connectivity index is 1.46. The third kappa shape index (κ3) is 2.35. The second-order valence-electron chi connectivity index (χ2n) is 10.6. The first-order valence-corrected chi connectivity index (χ1v) is 11.1. The molecule has 29 heavy (non-hydrogen) atoms. The maximum absolute atomic E-state index is 13.6. The average Bonchev–Trinajstić information content (AvgIpc) is 3.32. The van der Waals surface area contributed by atoms with E-state index in [-0.39, 0.29) is 52.9 Å². The maximum atomic E-state index is 13.6. The van der Waals surface area contributed by atoms with E-state index in [1.54, 1.807) is 0 Å². The summed E-state index contributed by atoms with van der Waals surface area (Å²) in [4.78, 5) is 37.5. The van der Waals surface area contributed by atoms with Crippen LogP contribution in [0.25, 0.3) is 0 Å². The molecule has 5 fully saturated rings. The van der Waals surface area contributed by atoms with Crippen LogP contribution in [0.5, 0.6) is 0 Å². The molecule has 1 heterocycles. The molecule has 9 atom stereocenters. The normalized spacial score (nSPS) is 52.5. The Morgan fingerprint density at radius 3 is 2.59 bits per heavy atom. The van der Waals surface area contributed by atoms with Gasteiger partial charge in [0, 0.05) is 30.6 Å². The fourth-order valence-corrected chi connectivity index (χ4v) is 8.30. The molecular weight excluding hydrogens is 372 g/mol. The summed E-state index contributed by atoms with van der Waals surface area (Å²) in [7, 11) is 1.43. The van der Waals surface area contributed by atoms with Gasteiger partial charge in [-0.15, -0.1) is 0 Å². The lowest BCUT2D eigenvalue weighted by Gasteiger charge is -2.59. The topological polar surface area (TPSA) is 82.2 Å². The lowest BCUT2D eigenvalue weighted by atomic mass is 9.44. The summed E-state index contributed by atoms with van der Waals surface area (Å²) >= 11 is 0. The molecule has 0 amide bonds. The van der Waals surface area contributed by atoms with Crippen LogP contribution in [0.4, 0.5) is 0 Å². The first kappa shape index (κ1) is 19.5. The first-order chi connectivity index (χ1) is 13.7. The minimum absolute atomic E-state index is 0.0194. The number of hydrogen-bond donors (Lipinski definition) is 0. The van der Waals surface area contributed by atoms with Crippen LogP contribution in [0.2, 0.25) is 0 Å². The summed E-state index contributed by atoms with van der Waals surface area (Å²) in [6.07, 6.45) is 5.69. The fourth-order valence-electron chi connectivity index (χ4n) is 8.30. The lowest BCUT2D eigenvalue weighted by molar-refractivity contribution is -0.179. The zero-order valence-electron chi connectivity index (χ0n) is 17.9. The summed E-state index contributed by atoms with van der Waals surface area (Å²) in [5.41, 5.74) is -0.876. The minimum atomic E-state index is -0.457. The van der Waals surface area contributed by atoms with Gasteiger partial charge in [0.15, 0.2) is 0 Å². The molecule has 4 aliphatic carbocycles. The van der Waals surface area contributed by atoms with E-state index in [1.807, 2.05) is 0 Å². The van der Waals surface area contributed by atoms with E-state index >= 15 is 0 Å². The van der Waals surface area contributed by atoms with Gasteiger partial charge in [0.2, 0.25) is 0 Å². The monoisotopic (exact) mass is 404 g/mol. The fraction of sp³-hybridized carbons (Fsp3) is 0.870. The van der Waals surface area contributed by atoms with E-state index in [0.29, 0.717) is 24.5 Å². The highest BCUT2D eigenvalue weighted by atomic mass is 16.6. The number of hydrogen-bond acceptors (Lipinski definition) is 6. The Kier molecular flexibility index (Phi) is 4.08. The van der Waals surface area contributed by atoms with E-state index in [4.69, 9.17) is 14.2 Å². The van der Waals surface area contributed by atoms with Crippen LogP contribution in [0.15, 0.2) is 0 Å². The molecule has 4 saturated carbocycles. The second-order valence-corrected chi connectivity index (χ2v) is 10.6. The van der Waals surface area contributed by atoms with Gasteiger partial charge in [-0.05, 0) is 49.9 Å². The first-order valence-electron chi connectivity index (χ1n) is 11.1. The number of fused-ring (bicyclic) bond motifs is 3. The van der Waals surface area contributed by atoms with Crippen LogP contribution < -0.4 is 0 Å². The summed E-state index contributed by atoms with van der Waals surface area (Å²) in [6.45, 7) is 5.83. The summed E-state index contributed by atoms with van der Waals surface area (Å²) in [5.74, 6) is 0.184. The van der Waals surface area contributed by atoms with E-state index < -0.39 is 5.41 Å². The molecule has 0 aromatic heterocycles. The molecule has 0 bridgehead atoms. The van der Waals surface area contributed by atoms with Gasteiger partial charge in [0.05, 0.1) is 19.1 Å². The van der Waals surface area contributed by atoms with Gasteiger partial charge in [0.1, 0.15) is 17.5 Å². The van der Waals surface area contributed by atoms with E-state index in [9.17, 15) is 14.4 Å². The zero-order chi connectivity index (χ0) is 20.8. The molecule has 0 radical (unpaired) electrons. The molecule has 1 spiro atoms. The van der Waals surface area contributed by atoms with Crippen molar-refractivity contribution in [3.63, 3.8) is 0 Å². The van der Waals surface area contributed by atoms with Crippen LogP contribution in [0.3, 0.4) is 0 Å². The molecule has 160 valence electrons. The van der Waals surface area contributed by atoms with Crippen molar-refractivity contribution >= 4 is 17.7 Å². The van der Waals surface area contributed by atoms with Gasteiger partial charge in [-0.25, -0.2) is 0 Å². The second kappa shape index (κ2) is 6.05. The largest absolute Gasteiger partial charge is 0.469 e. The van der Waals surface area contributed by atoms with Crippen molar-refractivity contribution in [1.82, 2.24) is 0 Å². The smallest absolute Gasteiger partial charge is 0.309 e. The average molecular weight is 405 g/mol. The van der Waals surface area contributed by atoms with E-state index in [2.05, 4.69) is 13.8 Å². The molecule has 0 aromatic rings. The predicted octanol–water partition coefficient (Wildman–Crippen LogP) is 3.06. The van der Waals surface area contributed by atoms with Crippen LogP contribution in [-0.2, 0) is 28.6 Å². The number of rotatable bonds is 2. The van der Waals surface area contributed by atoms with Gasteiger partial charge in [-0.2, -0.15) is 0 Å². The quantitative estimate of drug-likeness (QED) is 0.520. The summed E-state index contributed by atoms with van der Waals surface area (Å²) in [5, 5.41) is 0. The molecule has 1 saturated heterocycles. The molecule has 0 aromatic carbocycles.